The molecule has 2 aromatic rings. The second-order valence-electron chi connectivity index (χ2n) is 10.5. The lowest BCUT2D eigenvalue weighted by atomic mass is 9.77. The van der Waals surface area contributed by atoms with Crippen LogP contribution < -0.4 is 10.1 Å². The molecule has 2 heterocycles. The zero-order valence-electron chi connectivity index (χ0n) is 21.7. The van der Waals surface area contributed by atoms with Gasteiger partial charge in [0.05, 0.1) is 13.2 Å². The van der Waals surface area contributed by atoms with Gasteiger partial charge in [-0.3, -0.25) is 9.59 Å². The summed E-state index contributed by atoms with van der Waals surface area (Å²) < 4.78 is 5.24. The van der Waals surface area contributed by atoms with E-state index in [0.29, 0.717) is 13.0 Å². The highest BCUT2D eigenvalue weighted by molar-refractivity contribution is 5.85. The first-order chi connectivity index (χ1) is 16.9. The second-order valence-corrected chi connectivity index (χ2v) is 10.5. The molecule has 2 amide bonds. The number of methoxy groups -OCH3 is 1. The van der Waals surface area contributed by atoms with Gasteiger partial charge in [0, 0.05) is 32.0 Å². The predicted octanol–water partition coefficient (Wildman–Crippen LogP) is 4.84. The number of piperidine rings is 1. The maximum absolute atomic E-state index is 12.8. The Kier molecular flexibility index (Phi) is 9.80. The third-order valence-electron chi connectivity index (χ3n) is 7.63. The molecule has 2 fully saturated rings. The summed E-state index contributed by atoms with van der Waals surface area (Å²) in [6.07, 6.45) is 3.64. The first-order valence-electron chi connectivity index (χ1n) is 12.9. The lowest BCUT2D eigenvalue weighted by Gasteiger charge is -2.39. The van der Waals surface area contributed by atoms with Gasteiger partial charge in [-0.1, -0.05) is 56.3 Å². The molecular formula is C29H40ClN3O3. The van der Waals surface area contributed by atoms with E-state index in [4.69, 9.17) is 4.74 Å². The van der Waals surface area contributed by atoms with Crippen LogP contribution in [0.3, 0.4) is 0 Å². The second kappa shape index (κ2) is 12.6. The number of nitrogens with zero attached hydrogens (tertiary/aromatic N) is 2. The van der Waals surface area contributed by atoms with Crippen molar-refractivity contribution < 1.29 is 14.3 Å². The van der Waals surface area contributed by atoms with Gasteiger partial charge in [0.15, 0.2) is 0 Å². The number of benzene rings is 2. The number of nitrogens with one attached hydrogen (secondary N) is 1. The number of amides is 2. The third kappa shape index (κ3) is 7.01. The molecule has 0 radical (unpaired) electrons. The van der Waals surface area contributed by atoms with E-state index < -0.39 is 0 Å². The molecule has 1 N–H and O–H groups in total. The average Bonchev–Trinajstić information content (AvgIpc) is 3.17. The SMILES string of the molecule is COc1ccc(CN2CC3(CCN(CC[C@H](NC(=O)C(C)C)c4ccccc4)CC3)CC2=O)cc1.Cl. The average molecular weight is 514 g/mol. The molecule has 6 nitrogen and oxygen atoms in total. The molecule has 2 aliphatic heterocycles. The smallest absolute Gasteiger partial charge is 0.223 e. The van der Waals surface area contributed by atoms with Crippen molar-refractivity contribution in [3.05, 3.63) is 65.7 Å². The standard InChI is InChI=1S/C29H39N3O3.ClH/c1-22(2)28(34)30-26(24-7-5-4-6-8-24)13-16-31-17-14-29(15-18-31)19-27(33)32(21-29)20-23-9-11-25(35-3)12-10-23;/h4-12,22,26H,13-21H2,1-3H3,(H,30,34);1H/t26-;/m0./s1. The number of halogens is 1. The van der Waals surface area contributed by atoms with E-state index in [0.717, 1.165) is 62.3 Å². The molecule has 2 aliphatic rings. The molecule has 36 heavy (non-hydrogen) atoms. The van der Waals surface area contributed by atoms with Gasteiger partial charge in [-0.15, -0.1) is 12.4 Å². The molecule has 4 rings (SSSR count). The molecule has 7 heteroatoms. The Morgan fingerprint density at radius 3 is 2.33 bits per heavy atom. The minimum absolute atomic E-state index is 0. The van der Waals surface area contributed by atoms with Gasteiger partial charge < -0.3 is 19.9 Å². The molecule has 1 spiro atoms. The zero-order valence-corrected chi connectivity index (χ0v) is 22.6. The van der Waals surface area contributed by atoms with Crippen molar-refractivity contribution in [3.63, 3.8) is 0 Å². The summed E-state index contributed by atoms with van der Waals surface area (Å²) in [4.78, 5) is 29.8. The van der Waals surface area contributed by atoms with E-state index in [1.165, 1.54) is 0 Å². The third-order valence-corrected chi connectivity index (χ3v) is 7.63. The molecule has 0 aromatic heterocycles. The quantitative estimate of drug-likeness (QED) is 0.521. The van der Waals surface area contributed by atoms with Gasteiger partial charge >= 0.3 is 0 Å². The Labute approximate surface area is 221 Å². The van der Waals surface area contributed by atoms with Crippen LogP contribution in [0.25, 0.3) is 0 Å². The van der Waals surface area contributed by atoms with Crippen molar-refractivity contribution in [3.8, 4) is 5.75 Å². The van der Waals surface area contributed by atoms with Gasteiger partial charge in [-0.05, 0) is 61.0 Å². The summed E-state index contributed by atoms with van der Waals surface area (Å²) in [6.45, 7) is 8.33. The van der Waals surface area contributed by atoms with Crippen LogP contribution in [0.4, 0.5) is 0 Å². The highest BCUT2D eigenvalue weighted by atomic mass is 35.5. The van der Waals surface area contributed by atoms with Crippen LogP contribution in [0.1, 0.15) is 56.7 Å². The summed E-state index contributed by atoms with van der Waals surface area (Å²) in [5.41, 5.74) is 2.40. The number of rotatable bonds is 9. The Morgan fingerprint density at radius 1 is 1.06 bits per heavy atom. The summed E-state index contributed by atoms with van der Waals surface area (Å²) in [7, 11) is 1.67. The summed E-state index contributed by atoms with van der Waals surface area (Å²) in [6, 6.07) is 18.3. The van der Waals surface area contributed by atoms with Gasteiger partial charge in [-0.2, -0.15) is 0 Å². The monoisotopic (exact) mass is 513 g/mol. The van der Waals surface area contributed by atoms with E-state index in [2.05, 4.69) is 22.3 Å². The normalized spacial score (nSPS) is 18.2. The van der Waals surface area contributed by atoms with Gasteiger partial charge in [-0.25, -0.2) is 0 Å². The fourth-order valence-corrected chi connectivity index (χ4v) is 5.32. The number of likely N-dealkylation sites (tertiary alicyclic amines) is 2. The Hall–Kier alpha value is -2.57. The molecule has 0 bridgehead atoms. The van der Waals surface area contributed by atoms with Crippen molar-refractivity contribution in [1.29, 1.82) is 0 Å². The van der Waals surface area contributed by atoms with Crippen molar-refractivity contribution in [2.45, 2.75) is 52.1 Å². The first-order valence-corrected chi connectivity index (χ1v) is 12.9. The minimum Gasteiger partial charge on any atom is -0.497 e. The van der Waals surface area contributed by atoms with Crippen LogP contribution >= 0.6 is 12.4 Å². The van der Waals surface area contributed by atoms with Crippen molar-refractivity contribution >= 4 is 24.2 Å². The highest BCUT2D eigenvalue weighted by Gasteiger charge is 2.44. The van der Waals surface area contributed by atoms with Crippen LogP contribution in [-0.2, 0) is 16.1 Å². The Bertz CT molecular complexity index is 989. The van der Waals surface area contributed by atoms with Gasteiger partial charge in [0.25, 0.3) is 0 Å². The maximum atomic E-state index is 12.8. The van der Waals surface area contributed by atoms with Crippen molar-refractivity contribution in [2.24, 2.45) is 11.3 Å². The molecule has 2 saturated heterocycles. The fourth-order valence-electron chi connectivity index (χ4n) is 5.32. The molecule has 0 aliphatic carbocycles. The van der Waals surface area contributed by atoms with Crippen LogP contribution in [0.5, 0.6) is 5.75 Å². The Balaban J connectivity index is 0.00000361. The predicted molar refractivity (Wildman–Crippen MR) is 145 cm³/mol. The fraction of sp³-hybridized carbons (Fsp3) is 0.517. The van der Waals surface area contributed by atoms with Crippen LogP contribution in [0.2, 0.25) is 0 Å². The summed E-state index contributed by atoms with van der Waals surface area (Å²) in [5.74, 6) is 1.17. The molecule has 0 saturated carbocycles. The lowest BCUT2D eigenvalue weighted by Crippen LogP contribution is -2.43. The van der Waals surface area contributed by atoms with E-state index in [1.807, 2.05) is 61.2 Å². The van der Waals surface area contributed by atoms with E-state index in [9.17, 15) is 9.59 Å². The Morgan fingerprint density at radius 2 is 1.72 bits per heavy atom. The van der Waals surface area contributed by atoms with E-state index in [1.54, 1.807) is 7.11 Å². The van der Waals surface area contributed by atoms with Crippen molar-refractivity contribution in [1.82, 2.24) is 15.1 Å². The minimum atomic E-state index is -0.0307. The van der Waals surface area contributed by atoms with Crippen molar-refractivity contribution in [2.75, 3.05) is 33.3 Å². The molecule has 2 aromatic carbocycles. The number of ether oxygens (including phenoxy) is 1. The molecular weight excluding hydrogens is 474 g/mol. The molecule has 196 valence electrons. The van der Waals surface area contributed by atoms with Crippen LogP contribution in [0, 0.1) is 11.3 Å². The number of carbonyl (C=O) groups excluding carboxylic acids is 2. The largest absolute Gasteiger partial charge is 0.497 e. The molecule has 0 unspecified atom stereocenters. The molecule has 1 atom stereocenters. The number of hydrogen-bond donors (Lipinski definition) is 1. The maximum Gasteiger partial charge on any atom is 0.223 e. The van der Waals surface area contributed by atoms with Crippen LogP contribution in [-0.4, -0.2) is 54.9 Å². The summed E-state index contributed by atoms with van der Waals surface area (Å²) >= 11 is 0. The highest BCUT2D eigenvalue weighted by Crippen LogP contribution is 2.41. The van der Waals surface area contributed by atoms with E-state index >= 15 is 0 Å². The van der Waals surface area contributed by atoms with Gasteiger partial charge in [0.2, 0.25) is 11.8 Å². The van der Waals surface area contributed by atoms with Gasteiger partial charge in [0.1, 0.15) is 5.75 Å². The first kappa shape index (κ1) is 28.0. The topological polar surface area (TPSA) is 61.9 Å². The van der Waals surface area contributed by atoms with E-state index in [-0.39, 0.29) is 41.6 Å². The zero-order chi connectivity index (χ0) is 24.8. The number of hydrogen-bond acceptors (Lipinski definition) is 4. The lowest BCUT2D eigenvalue weighted by molar-refractivity contribution is -0.128. The van der Waals surface area contributed by atoms with Crippen LogP contribution in [0.15, 0.2) is 54.6 Å². The summed E-state index contributed by atoms with van der Waals surface area (Å²) in [5, 5.41) is 3.24. The number of carbonyl (C=O) groups is 2.